The molecule has 0 aromatic heterocycles. The van der Waals surface area contributed by atoms with E-state index < -0.39 is 11.9 Å². The maximum Gasteiger partial charge on any atom is 0.316 e. The van der Waals surface area contributed by atoms with E-state index in [0.717, 1.165) is 11.1 Å². The number of esters is 1. The first-order valence-electron chi connectivity index (χ1n) is 9.47. The number of amides is 1. The predicted octanol–water partition coefficient (Wildman–Crippen LogP) is 4.32. The number of hydrogen-bond donors (Lipinski definition) is 0. The van der Waals surface area contributed by atoms with Crippen molar-refractivity contribution in [1.82, 2.24) is 0 Å². The zero-order chi connectivity index (χ0) is 20.2. The molecular weight excluding hydrogens is 366 g/mol. The molecule has 146 valence electrons. The lowest BCUT2D eigenvalue weighted by Gasteiger charge is -2.19. The lowest BCUT2D eigenvalue weighted by molar-refractivity contribution is -0.139. The smallest absolute Gasteiger partial charge is 0.316 e. The van der Waals surface area contributed by atoms with Crippen molar-refractivity contribution in [2.75, 3.05) is 18.6 Å². The Morgan fingerprint density at radius 2 is 1.55 bits per heavy atom. The summed E-state index contributed by atoms with van der Waals surface area (Å²) in [6, 6.07) is 24.5. The highest BCUT2D eigenvalue weighted by molar-refractivity contribution is 6.00. The molecule has 1 aliphatic heterocycles. The van der Waals surface area contributed by atoms with Crippen LogP contribution in [0.2, 0.25) is 0 Å². The summed E-state index contributed by atoms with van der Waals surface area (Å²) in [6.07, 6.45) is 0.115. The van der Waals surface area contributed by atoms with E-state index in [1.165, 1.54) is 0 Å². The van der Waals surface area contributed by atoms with E-state index >= 15 is 0 Å². The lowest BCUT2D eigenvalue weighted by atomic mass is 10.0. The number of carbonyl (C=O) groups is 2. The summed E-state index contributed by atoms with van der Waals surface area (Å²) in [5, 5.41) is 0. The van der Waals surface area contributed by atoms with E-state index in [1.807, 2.05) is 66.7 Å². The van der Waals surface area contributed by atoms with Crippen molar-refractivity contribution in [3.05, 3.63) is 78.9 Å². The van der Waals surface area contributed by atoms with Gasteiger partial charge in [0, 0.05) is 18.5 Å². The largest absolute Gasteiger partial charge is 0.495 e. The van der Waals surface area contributed by atoms with Crippen LogP contribution in [0.5, 0.6) is 11.5 Å². The van der Waals surface area contributed by atoms with Crippen molar-refractivity contribution >= 4 is 17.6 Å². The molecule has 0 N–H and O–H groups in total. The molecule has 1 fully saturated rings. The van der Waals surface area contributed by atoms with E-state index in [4.69, 9.17) is 9.47 Å². The van der Waals surface area contributed by atoms with Crippen LogP contribution in [0, 0.1) is 5.92 Å². The molecule has 0 unspecified atom stereocenters. The molecule has 0 radical (unpaired) electrons. The predicted molar refractivity (Wildman–Crippen MR) is 111 cm³/mol. The van der Waals surface area contributed by atoms with Crippen LogP contribution in [-0.2, 0) is 9.59 Å². The Bertz CT molecular complexity index is 1030. The molecule has 0 aliphatic carbocycles. The maximum absolute atomic E-state index is 12.8. The van der Waals surface area contributed by atoms with Gasteiger partial charge in [-0.15, -0.1) is 0 Å². The summed E-state index contributed by atoms with van der Waals surface area (Å²) in [4.78, 5) is 27.0. The lowest BCUT2D eigenvalue weighted by Crippen LogP contribution is -2.27. The number of hydrogen-bond acceptors (Lipinski definition) is 4. The topological polar surface area (TPSA) is 55.8 Å². The summed E-state index contributed by atoms with van der Waals surface area (Å²) in [5.41, 5.74) is 2.47. The van der Waals surface area contributed by atoms with Crippen LogP contribution >= 0.6 is 0 Å². The average Bonchev–Trinajstić information content (AvgIpc) is 3.16. The highest BCUT2D eigenvalue weighted by atomic mass is 16.5. The van der Waals surface area contributed by atoms with Gasteiger partial charge in [0.1, 0.15) is 11.5 Å². The molecule has 29 heavy (non-hydrogen) atoms. The number of rotatable bonds is 5. The SMILES string of the molecule is COc1ccccc1N1C[C@@H](C(=O)Oc2ccccc2-c2ccccc2)CC1=O. The van der Waals surface area contributed by atoms with Crippen molar-refractivity contribution in [2.24, 2.45) is 5.92 Å². The van der Waals surface area contributed by atoms with Crippen molar-refractivity contribution in [3.8, 4) is 22.6 Å². The molecule has 4 rings (SSSR count). The van der Waals surface area contributed by atoms with Crippen molar-refractivity contribution < 1.29 is 19.1 Å². The van der Waals surface area contributed by atoms with Crippen molar-refractivity contribution in [3.63, 3.8) is 0 Å². The molecule has 1 heterocycles. The van der Waals surface area contributed by atoms with Crippen LogP contribution < -0.4 is 14.4 Å². The van der Waals surface area contributed by atoms with E-state index in [1.54, 1.807) is 24.1 Å². The van der Waals surface area contributed by atoms with Crippen LogP contribution in [0.15, 0.2) is 78.9 Å². The minimum absolute atomic E-state index is 0.115. The molecule has 5 nitrogen and oxygen atoms in total. The van der Waals surface area contributed by atoms with Gasteiger partial charge in [-0.2, -0.15) is 0 Å². The quantitative estimate of drug-likeness (QED) is 0.483. The second-order valence-corrected chi connectivity index (χ2v) is 6.86. The fourth-order valence-electron chi connectivity index (χ4n) is 3.55. The van der Waals surface area contributed by atoms with E-state index in [9.17, 15) is 9.59 Å². The Labute approximate surface area is 169 Å². The first kappa shape index (κ1) is 18.7. The van der Waals surface area contributed by atoms with Gasteiger partial charge in [0.25, 0.3) is 0 Å². The minimum atomic E-state index is -0.531. The fourth-order valence-corrected chi connectivity index (χ4v) is 3.55. The molecule has 0 spiro atoms. The fraction of sp³-hybridized carbons (Fsp3) is 0.167. The van der Waals surface area contributed by atoms with Crippen LogP contribution in [0.4, 0.5) is 5.69 Å². The molecule has 1 aliphatic rings. The van der Waals surface area contributed by atoms with Crippen LogP contribution in [0.3, 0.4) is 0 Å². The number of para-hydroxylation sites is 3. The third kappa shape index (κ3) is 3.85. The Balaban J connectivity index is 1.53. The molecule has 0 saturated carbocycles. The van der Waals surface area contributed by atoms with Gasteiger partial charge < -0.3 is 14.4 Å². The molecule has 3 aromatic rings. The van der Waals surface area contributed by atoms with E-state index in [2.05, 4.69) is 0 Å². The Hall–Kier alpha value is -3.60. The summed E-state index contributed by atoms with van der Waals surface area (Å²) < 4.78 is 11.1. The first-order valence-corrected chi connectivity index (χ1v) is 9.47. The molecule has 1 saturated heterocycles. The molecule has 5 heteroatoms. The number of ether oxygens (including phenoxy) is 2. The van der Waals surface area contributed by atoms with Gasteiger partial charge >= 0.3 is 5.97 Å². The normalized spacial score (nSPS) is 16.0. The highest BCUT2D eigenvalue weighted by Crippen LogP contribution is 2.34. The summed E-state index contributed by atoms with van der Waals surface area (Å²) in [5.74, 6) is 0.0411. The second-order valence-electron chi connectivity index (χ2n) is 6.86. The van der Waals surface area contributed by atoms with Crippen LogP contribution in [0.1, 0.15) is 6.42 Å². The third-order valence-corrected chi connectivity index (χ3v) is 5.02. The Kier molecular flexibility index (Phi) is 5.29. The van der Waals surface area contributed by atoms with E-state index in [-0.39, 0.29) is 18.9 Å². The number of nitrogens with zero attached hydrogens (tertiary/aromatic N) is 1. The van der Waals surface area contributed by atoms with Gasteiger partial charge in [-0.25, -0.2) is 0 Å². The number of methoxy groups -OCH3 is 1. The summed E-state index contributed by atoms with van der Waals surface area (Å²) in [6.45, 7) is 0.269. The van der Waals surface area contributed by atoms with Gasteiger partial charge in [0.15, 0.2) is 0 Å². The van der Waals surface area contributed by atoms with Gasteiger partial charge in [-0.3, -0.25) is 9.59 Å². The van der Waals surface area contributed by atoms with Gasteiger partial charge in [-0.1, -0.05) is 60.7 Å². The second kappa shape index (κ2) is 8.19. The molecule has 0 bridgehead atoms. The summed E-state index contributed by atoms with van der Waals surface area (Å²) in [7, 11) is 1.56. The average molecular weight is 387 g/mol. The van der Waals surface area contributed by atoms with Gasteiger partial charge in [0.05, 0.1) is 18.7 Å². The number of carbonyl (C=O) groups excluding carboxylic acids is 2. The first-order chi connectivity index (χ1) is 14.2. The molecular formula is C24H21NO4. The van der Waals surface area contributed by atoms with Crippen LogP contribution in [0.25, 0.3) is 11.1 Å². The van der Waals surface area contributed by atoms with Gasteiger partial charge in [0.2, 0.25) is 5.91 Å². The number of benzene rings is 3. The Morgan fingerprint density at radius 3 is 2.31 bits per heavy atom. The van der Waals surface area contributed by atoms with Crippen LogP contribution in [-0.4, -0.2) is 25.5 Å². The standard InChI is InChI=1S/C24H21NO4/c1-28-22-14-8-6-12-20(22)25-16-18(15-23(25)26)24(27)29-21-13-7-5-11-19(21)17-9-3-2-4-10-17/h2-14,18H,15-16H2,1H3/t18-/m0/s1. The molecule has 1 atom stereocenters. The molecule has 3 aromatic carbocycles. The monoisotopic (exact) mass is 387 g/mol. The third-order valence-electron chi connectivity index (χ3n) is 5.02. The number of anilines is 1. The molecule has 1 amide bonds. The zero-order valence-corrected chi connectivity index (χ0v) is 16.1. The van der Waals surface area contributed by atoms with Crippen molar-refractivity contribution in [2.45, 2.75) is 6.42 Å². The summed E-state index contributed by atoms with van der Waals surface area (Å²) >= 11 is 0. The van der Waals surface area contributed by atoms with E-state index in [0.29, 0.717) is 17.2 Å². The minimum Gasteiger partial charge on any atom is -0.495 e. The zero-order valence-electron chi connectivity index (χ0n) is 16.1. The van der Waals surface area contributed by atoms with Gasteiger partial charge in [-0.05, 0) is 23.8 Å². The Morgan fingerprint density at radius 1 is 0.897 bits per heavy atom. The highest BCUT2D eigenvalue weighted by Gasteiger charge is 2.37. The maximum atomic E-state index is 12.8. The van der Waals surface area contributed by atoms with Crippen molar-refractivity contribution in [1.29, 1.82) is 0 Å².